The summed E-state index contributed by atoms with van der Waals surface area (Å²) in [6.45, 7) is 25.8. The first-order chi connectivity index (χ1) is 21.3. The Morgan fingerprint density at radius 1 is 0.326 bits per heavy atom. The van der Waals surface area contributed by atoms with E-state index >= 15 is 0 Å². The summed E-state index contributed by atoms with van der Waals surface area (Å²) >= 11 is 0. The molecule has 0 bridgehead atoms. The van der Waals surface area contributed by atoms with Crippen LogP contribution in [-0.4, -0.2) is 0 Å². The van der Waals surface area contributed by atoms with Crippen molar-refractivity contribution >= 4 is 0 Å². The second-order valence-electron chi connectivity index (χ2n) is 6.23. The Balaban J connectivity index is -0.000000147. The van der Waals surface area contributed by atoms with Crippen LogP contribution in [0.5, 0.6) is 0 Å². The van der Waals surface area contributed by atoms with Gasteiger partial charge in [0.15, 0.2) is 0 Å². The smallest absolute Gasteiger partial charge is 0.0249 e. The van der Waals surface area contributed by atoms with Crippen molar-refractivity contribution in [2.45, 2.75) is 90.0 Å². The predicted molar refractivity (Wildman–Crippen MR) is 200 cm³/mol. The van der Waals surface area contributed by atoms with E-state index in [0.717, 1.165) is 22.3 Å². The van der Waals surface area contributed by atoms with Crippen molar-refractivity contribution in [3.63, 3.8) is 0 Å². The van der Waals surface area contributed by atoms with Crippen LogP contribution in [0.4, 0.5) is 0 Å². The molecule has 0 aliphatic rings. The highest BCUT2D eigenvalue weighted by molar-refractivity contribution is 5.42. The van der Waals surface area contributed by atoms with Crippen LogP contribution >= 0.6 is 0 Å². The van der Waals surface area contributed by atoms with Crippen molar-refractivity contribution in [1.29, 1.82) is 0 Å². The molecule has 0 atom stereocenters. The van der Waals surface area contributed by atoms with E-state index < -0.39 is 0 Å². The average Bonchev–Trinajstić information content (AvgIpc) is 3.15. The fraction of sp³-hybridized carbons (Fsp3) is 0.302. The van der Waals surface area contributed by atoms with E-state index in [1.54, 1.807) is 0 Å². The van der Waals surface area contributed by atoms with Crippen molar-refractivity contribution in [1.82, 2.24) is 0 Å². The van der Waals surface area contributed by atoms with Gasteiger partial charge in [-0.3, -0.25) is 0 Å². The van der Waals surface area contributed by atoms with Gasteiger partial charge in [0.2, 0.25) is 0 Å². The Labute approximate surface area is 269 Å². The lowest BCUT2D eigenvalue weighted by Crippen LogP contribution is -1.73. The maximum atomic E-state index is 5.10. The fourth-order valence-corrected chi connectivity index (χ4v) is 2.39. The normalized spacial score (nSPS) is 6.79. The molecule has 0 aliphatic carbocycles. The van der Waals surface area contributed by atoms with Gasteiger partial charge in [0.25, 0.3) is 0 Å². The number of hydrogen-bond donors (Lipinski definition) is 0. The second kappa shape index (κ2) is 47.4. The van der Waals surface area contributed by atoms with Gasteiger partial charge in [-0.2, -0.15) is 0 Å². The minimum Gasteiger partial charge on any atom is -0.115 e. The van der Waals surface area contributed by atoms with Crippen molar-refractivity contribution in [2.75, 3.05) is 0 Å². The van der Waals surface area contributed by atoms with Gasteiger partial charge in [-0.25, -0.2) is 0 Å². The summed E-state index contributed by atoms with van der Waals surface area (Å²) in [5.41, 5.74) is 4.13. The first kappa shape index (κ1) is 48.3. The molecule has 0 heterocycles. The van der Waals surface area contributed by atoms with Crippen LogP contribution in [0.3, 0.4) is 0 Å². The third kappa shape index (κ3) is 33.7. The summed E-state index contributed by atoms with van der Waals surface area (Å²) < 4.78 is 0. The van der Waals surface area contributed by atoms with Crippen LogP contribution in [0, 0.1) is 36.0 Å². The molecule has 0 heteroatoms. The van der Waals surface area contributed by atoms with E-state index in [2.05, 4.69) is 29.6 Å². The van der Waals surface area contributed by atoms with Gasteiger partial charge >= 0.3 is 0 Å². The SMILES string of the molecule is C#Cc1ccccc1.C(#Cc1ccccc1)c1ccccc1.CC.CC.CC.CC.CC.CC.CC#Cc1ccccc1. The van der Waals surface area contributed by atoms with E-state index in [-0.39, 0.29) is 0 Å². The third-order valence-electron chi connectivity index (χ3n) is 3.88. The molecular formula is C43H60. The van der Waals surface area contributed by atoms with Gasteiger partial charge in [0.05, 0.1) is 0 Å². The summed E-state index contributed by atoms with van der Waals surface area (Å²) in [6.07, 6.45) is 5.10. The maximum Gasteiger partial charge on any atom is 0.0249 e. The number of hydrogen-bond acceptors (Lipinski definition) is 0. The first-order valence-corrected chi connectivity index (χ1v) is 15.9. The summed E-state index contributed by atoms with van der Waals surface area (Å²) in [5.74, 6) is 14.5. The molecule has 4 rings (SSSR count). The molecule has 4 aromatic rings. The Bertz CT molecular complexity index is 1120. The predicted octanol–water partition coefficient (Wildman–Crippen LogP) is 13.0. The Kier molecular flexibility index (Phi) is 53.2. The van der Waals surface area contributed by atoms with E-state index in [9.17, 15) is 0 Å². The van der Waals surface area contributed by atoms with Crippen LogP contribution in [0.25, 0.3) is 0 Å². The molecule has 0 spiro atoms. The lowest BCUT2D eigenvalue weighted by Gasteiger charge is -1.88. The molecule has 0 aromatic heterocycles. The molecule has 0 N–H and O–H groups in total. The van der Waals surface area contributed by atoms with Gasteiger partial charge < -0.3 is 0 Å². The minimum atomic E-state index is 0.938. The zero-order valence-electron chi connectivity index (χ0n) is 29.6. The van der Waals surface area contributed by atoms with Crippen LogP contribution in [0.15, 0.2) is 121 Å². The topological polar surface area (TPSA) is 0 Å². The zero-order valence-corrected chi connectivity index (χ0v) is 29.6. The van der Waals surface area contributed by atoms with Gasteiger partial charge in [-0.15, -0.1) is 12.3 Å². The lowest BCUT2D eigenvalue weighted by atomic mass is 10.2. The van der Waals surface area contributed by atoms with E-state index in [1.165, 1.54) is 0 Å². The van der Waals surface area contributed by atoms with E-state index in [1.807, 2.05) is 211 Å². The quantitative estimate of drug-likeness (QED) is 0.183. The summed E-state index contributed by atoms with van der Waals surface area (Å²) in [6, 6.07) is 39.6. The van der Waals surface area contributed by atoms with Crippen LogP contribution < -0.4 is 0 Å². The molecule has 0 unspecified atom stereocenters. The fourth-order valence-electron chi connectivity index (χ4n) is 2.39. The van der Waals surface area contributed by atoms with Gasteiger partial charge in [-0.05, 0) is 55.5 Å². The molecule has 0 amide bonds. The van der Waals surface area contributed by atoms with Crippen LogP contribution in [-0.2, 0) is 0 Å². The summed E-state index contributed by atoms with van der Waals surface area (Å²) in [7, 11) is 0. The Morgan fingerprint density at radius 3 is 0.721 bits per heavy atom. The number of rotatable bonds is 0. The molecular weight excluding hydrogens is 516 g/mol. The molecule has 0 fully saturated rings. The molecule has 0 radical (unpaired) electrons. The molecule has 0 saturated carbocycles. The first-order valence-electron chi connectivity index (χ1n) is 15.9. The lowest BCUT2D eigenvalue weighted by molar-refractivity contribution is 1.50. The summed E-state index contributed by atoms with van der Waals surface area (Å²) in [5, 5.41) is 0. The maximum absolute atomic E-state index is 5.10. The highest BCUT2D eigenvalue weighted by Crippen LogP contribution is 1.99. The monoisotopic (exact) mass is 576 g/mol. The molecule has 0 nitrogen and oxygen atoms in total. The molecule has 0 aliphatic heterocycles. The standard InChI is InChI=1S/C14H10.C9H8.C8H6.6C2H6/c1-3-7-13(8-4-1)11-12-14-9-5-2-6-10-14;1-2-6-9-7-4-3-5-8-9;1-2-8-6-4-3-5-7-8;6*1-2/h1-10H;3-5,7-8H,1H3;1,3-7H;6*1-2H3. The molecule has 4 aromatic carbocycles. The van der Waals surface area contributed by atoms with Crippen LogP contribution in [0.2, 0.25) is 0 Å². The Hall–Kier alpha value is -4.44. The zero-order chi connectivity index (χ0) is 34.0. The van der Waals surface area contributed by atoms with Crippen molar-refractivity contribution in [3.8, 4) is 36.0 Å². The Morgan fingerprint density at radius 2 is 0.535 bits per heavy atom. The largest absolute Gasteiger partial charge is 0.115 e. The summed E-state index contributed by atoms with van der Waals surface area (Å²) in [4.78, 5) is 0. The molecule has 0 saturated heterocycles. The second-order valence-corrected chi connectivity index (χ2v) is 6.23. The number of benzene rings is 4. The average molecular weight is 577 g/mol. The minimum absolute atomic E-state index is 0.938. The molecule has 43 heavy (non-hydrogen) atoms. The van der Waals surface area contributed by atoms with Gasteiger partial charge in [0, 0.05) is 22.3 Å². The van der Waals surface area contributed by atoms with Crippen molar-refractivity contribution in [3.05, 3.63) is 144 Å². The van der Waals surface area contributed by atoms with Gasteiger partial charge in [0.1, 0.15) is 0 Å². The third-order valence-corrected chi connectivity index (χ3v) is 3.88. The van der Waals surface area contributed by atoms with Crippen molar-refractivity contribution in [2.24, 2.45) is 0 Å². The van der Waals surface area contributed by atoms with E-state index in [0.29, 0.717) is 0 Å². The van der Waals surface area contributed by atoms with E-state index in [4.69, 9.17) is 6.42 Å². The highest BCUT2D eigenvalue weighted by atomic mass is 13.9. The number of terminal acetylenes is 1. The molecule has 232 valence electrons. The van der Waals surface area contributed by atoms with Crippen LogP contribution in [0.1, 0.15) is 112 Å². The van der Waals surface area contributed by atoms with Gasteiger partial charge in [-0.1, -0.05) is 180 Å². The highest BCUT2D eigenvalue weighted by Gasteiger charge is 1.83. The van der Waals surface area contributed by atoms with Crippen molar-refractivity contribution < 1.29 is 0 Å².